The van der Waals surface area contributed by atoms with E-state index in [9.17, 15) is 4.79 Å². The summed E-state index contributed by atoms with van der Waals surface area (Å²) in [4.78, 5) is 17.2. The highest BCUT2D eigenvalue weighted by atomic mass is 16.1. The second-order valence-corrected chi connectivity index (χ2v) is 5.94. The zero-order chi connectivity index (χ0) is 14.9. The van der Waals surface area contributed by atoms with E-state index < -0.39 is 0 Å². The first-order valence-electron chi connectivity index (χ1n) is 7.79. The van der Waals surface area contributed by atoms with Gasteiger partial charge in [-0.3, -0.25) is 9.78 Å². The average molecular weight is 287 g/mol. The molecule has 0 spiro atoms. The van der Waals surface area contributed by atoms with Crippen LogP contribution in [0.25, 0.3) is 10.9 Å². The number of carbonyl (C=O) groups is 1. The number of aryl methyl sites for hydroxylation is 2. The summed E-state index contributed by atoms with van der Waals surface area (Å²) >= 11 is 0. The molecule has 1 aliphatic carbocycles. The number of benzene rings is 2. The van der Waals surface area contributed by atoms with Gasteiger partial charge in [0.25, 0.3) is 0 Å². The lowest BCUT2D eigenvalue weighted by Crippen LogP contribution is -2.03. The maximum atomic E-state index is 12.5. The normalized spacial score (nSPS) is 13.3. The molecule has 1 aromatic heterocycles. The van der Waals surface area contributed by atoms with Gasteiger partial charge in [0.15, 0.2) is 5.78 Å². The number of ketones is 1. The maximum Gasteiger partial charge on any atom is 0.167 e. The van der Waals surface area contributed by atoms with Crippen molar-refractivity contribution in [1.82, 2.24) is 4.98 Å². The summed E-state index contributed by atoms with van der Waals surface area (Å²) in [5.41, 5.74) is 5.41. The van der Waals surface area contributed by atoms with E-state index in [0.29, 0.717) is 6.42 Å². The zero-order valence-corrected chi connectivity index (χ0v) is 12.4. The molecule has 0 amide bonds. The topological polar surface area (TPSA) is 30.0 Å². The first-order valence-corrected chi connectivity index (χ1v) is 7.79. The smallest absolute Gasteiger partial charge is 0.167 e. The third-order valence-electron chi connectivity index (χ3n) is 4.37. The lowest BCUT2D eigenvalue weighted by atomic mass is 10.0. The van der Waals surface area contributed by atoms with Crippen molar-refractivity contribution in [3.8, 4) is 0 Å². The van der Waals surface area contributed by atoms with Crippen LogP contribution in [0.1, 0.15) is 33.6 Å². The number of hydrogen-bond acceptors (Lipinski definition) is 2. The van der Waals surface area contributed by atoms with Gasteiger partial charge < -0.3 is 0 Å². The van der Waals surface area contributed by atoms with Crippen molar-refractivity contribution < 1.29 is 4.79 Å². The van der Waals surface area contributed by atoms with Gasteiger partial charge in [-0.25, -0.2) is 0 Å². The lowest BCUT2D eigenvalue weighted by molar-refractivity contribution is 0.0993. The molecule has 0 atom stereocenters. The number of pyridine rings is 1. The number of fused-ring (bicyclic) bond motifs is 2. The van der Waals surface area contributed by atoms with Crippen LogP contribution in [-0.2, 0) is 19.3 Å². The minimum atomic E-state index is 0.161. The van der Waals surface area contributed by atoms with E-state index in [1.54, 1.807) is 0 Å². The summed E-state index contributed by atoms with van der Waals surface area (Å²) in [6.45, 7) is 0. The minimum absolute atomic E-state index is 0.161. The monoisotopic (exact) mass is 287 g/mol. The molecule has 1 heterocycles. The van der Waals surface area contributed by atoms with Gasteiger partial charge >= 0.3 is 0 Å². The van der Waals surface area contributed by atoms with Gasteiger partial charge in [-0.15, -0.1) is 0 Å². The molecular weight excluding hydrogens is 270 g/mol. The van der Waals surface area contributed by atoms with Gasteiger partial charge in [0.1, 0.15) is 0 Å². The SMILES string of the molecule is O=C(Cc1ccccc1)c1ccc2nc3c(cc2c1)CCC3. The van der Waals surface area contributed by atoms with Crippen molar-refractivity contribution in [3.05, 3.63) is 77.0 Å². The Hall–Kier alpha value is -2.48. The molecule has 0 saturated carbocycles. The molecule has 0 radical (unpaired) electrons. The van der Waals surface area contributed by atoms with Gasteiger partial charge in [0.05, 0.1) is 5.52 Å². The van der Waals surface area contributed by atoms with Crippen LogP contribution in [0, 0.1) is 0 Å². The predicted molar refractivity (Wildman–Crippen MR) is 88.2 cm³/mol. The van der Waals surface area contributed by atoms with Crippen LogP contribution in [0.2, 0.25) is 0 Å². The fraction of sp³-hybridized carbons (Fsp3) is 0.200. The number of rotatable bonds is 3. The molecular formula is C20H17NO. The van der Waals surface area contributed by atoms with E-state index >= 15 is 0 Å². The number of hydrogen-bond donors (Lipinski definition) is 0. The Kier molecular flexibility index (Phi) is 3.23. The summed E-state index contributed by atoms with van der Waals surface area (Å²) in [5.74, 6) is 0.161. The zero-order valence-electron chi connectivity index (χ0n) is 12.4. The molecule has 0 aliphatic heterocycles. The predicted octanol–water partition coefficient (Wildman–Crippen LogP) is 4.15. The first-order chi connectivity index (χ1) is 10.8. The van der Waals surface area contributed by atoms with E-state index in [-0.39, 0.29) is 5.78 Å². The van der Waals surface area contributed by atoms with Crippen molar-refractivity contribution in [2.75, 3.05) is 0 Å². The second-order valence-electron chi connectivity index (χ2n) is 5.94. The van der Waals surface area contributed by atoms with E-state index in [1.165, 1.54) is 17.7 Å². The summed E-state index contributed by atoms with van der Waals surface area (Å²) < 4.78 is 0. The van der Waals surface area contributed by atoms with Crippen LogP contribution in [-0.4, -0.2) is 10.8 Å². The largest absolute Gasteiger partial charge is 0.294 e. The highest BCUT2D eigenvalue weighted by Crippen LogP contribution is 2.25. The molecule has 2 nitrogen and oxygen atoms in total. The third kappa shape index (κ3) is 2.41. The Morgan fingerprint density at radius 2 is 1.86 bits per heavy atom. The van der Waals surface area contributed by atoms with Crippen molar-refractivity contribution in [3.63, 3.8) is 0 Å². The highest BCUT2D eigenvalue weighted by molar-refractivity contribution is 6.00. The van der Waals surface area contributed by atoms with E-state index in [0.717, 1.165) is 34.9 Å². The fourth-order valence-corrected chi connectivity index (χ4v) is 3.20. The maximum absolute atomic E-state index is 12.5. The molecule has 3 aromatic rings. The number of nitrogens with zero attached hydrogens (tertiary/aromatic N) is 1. The molecule has 0 N–H and O–H groups in total. The van der Waals surface area contributed by atoms with Crippen molar-refractivity contribution in [2.45, 2.75) is 25.7 Å². The quantitative estimate of drug-likeness (QED) is 0.677. The molecule has 108 valence electrons. The van der Waals surface area contributed by atoms with Crippen LogP contribution in [0.15, 0.2) is 54.6 Å². The molecule has 4 rings (SSSR count). The average Bonchev–Trinajstić information content (AvgIpc) is 3.00. The van der Waals surface area contributed by atoms with Gasteiger partial charge in [-0.2, -0.15) is 0 Å². The molecule has 0 fully saturated rings. The summed E-state index contributed by atoms with van der Waals surface area (Å²) in [6, 6.07) is 18.0. The molecule has 2 aromatic carbocycles. The van der Waals surface area contributed by atoms with Crippen LogP contribution < -0.4 is 0 Å². The summed E-state index contributed by atoms with van der Waals surface area (Å²) in [6.07, 6.45) is 3.84. The first kappa shape index (κ1) is 13.2. The molecule has 22 heavy (non-hydrogen) atoms. The Morgan fingerprint density at radius 3 is 2.73 bits per heavy atom. The highest BCUT2D eigenvalue weighted by Gasteiger charge is 2.14. The van der Waals surface area contributed by atoms with Gasteiger partial charge in [-0.1, -0.05) is 30.3 Å². The Bertz CT molecular complexity index is 852. The van der Waals surface area contributed by atoms with E-state index in [1.807, 2.05) is 48.5 Å². The molecule has 0 saturated heterocycles. The van der Waals surface area contributed by atoms with Crippen LogP contribution >= 0.6 is 0 Å². The summed E-state index contributed by atoms with van der Waals surface area (Å²) in [5, 5.41) is 1.08. The van der Waals surface area contributed by atoms with E-state index in [4.69, 9.17) is 4.98 Å². The second kappa shape index (κ2) is 5.38. The standard InChI is InChI=1S/C20H17NO/c22-20(11-14-5-2-1-3-6-14)16-9-10-19-17(13-16)12-15-7-4-8-18(15)21-19/h1-3,5-6,9-10,12-13H,4,7-8,11H2. The Labute approximate surface area is 129 Å². The number of Topliss-reactive ketones (excluding diaryl/α,β-unsaturated/α-hetero) is 1. The van der Waals surface area contributed by atoms with Gasteiger partial charge in [-0.05, 0) is 54.7 Å². The Balaban J connectivity index is 1.67. The van der Waals surface area contributed by atoms with Crippen molar-refractivity contribution >= 4 is 16.7 Å². The number of aromatic nitrogens is 1. The van der Waals surface area contributed by atoms with Crippen molar-refractivity contribution in [1.29, 1.82) is 0 Å². The minimum Gasteiger partial charge on any atom is -0.294 e. The molecule has 0 unspecified atom stereocenters. The molecule has 1 aliphatic rings. The lowest BCUT2D eigenvalue weighted by Gasteiger charge is -2.06. The third-order valence-corrected chi connectivity index (χ3v) is 4.37. The summed E-state index contributed by atoms with van der Waals surface area (Å²) in [7, 11) is 0. The van der Waals surface area contributed by atoms with Crippen LogP contribution in [0.3, 0.4) is 0 Å². The van der Waals surface area contributed by atoms with Gasteiger partial charge in [0.2, 0.25) is 0 Å². The number of carbonyl (C=O) groups excluding carboxylic acids is 1. The van der Waals surface area contributed by atoms with Crippen LogP contribution in [0.5, 0.6) is 0 Å². The molecule has 2 heteroatoms. The molecule has 0 bridgehead atoms. The van der Waals surface area contributed by atoms with Crippen LogP contribution in [0.4, 0.5) is 0 Å². The van der Waals surface area contributed by atoms with E-state index in [2.05, 4.69) is 6.07 Å². The Morgan fingerprint density at radius 1 is 1.00 bits per heavy atom. The fourth-order valence-electron chi connectivity index (χ4n) is 3.20. The van der Waals surface area contributed by atoms with Gasteiger partial charge in [0, 0.05) is 23.1 Å². The van der Waals surface area contributed by atoms with Crippen molar-refractivity contribution in [2.24, 2.45) is 0 Å².